The third kappa shape index (κ3) is 3.08. The standard InChI is InChI=1S/C9H12N2O4/c1-2-3-4-15-9(12)8-5-7(6-10-8)11(13)14/h5-6,10H,2-4H2,1H3. The van der Waals surface area contributed by atoms with Crippen molar-refractivity contribution in [3.63, 3.8) is 0 Å². The SMILES string of the molecule is CCCCOC(=O)c1cc([N+](=O)[O-])c[nH]1. The molecule has 0 bridgehead atoms. The van der Waals surface area contributed by atoms with Crippen molar-refractivity contribution in [2.75, 3.05) is 6.61 Å². The van der Waals surface area contributed by atoms with E-state index < -0.39 is 10.9 Å². The number of aromatic amines is 1. The summed E-state index contributed by atoms with van der Waals surface area (Å²) in [7, 11) is 0. The number of carbonyl (C=O) groups excluding carboxylic acids is 1. The Morgan fingerprint density at radius 2 is 2.40 bits per heavy atom. The van der Waals surface area contributed by atoms with Crippen LogP contribution in [0.25, 0.3) is 0 Å². The van der Waals surface area contributed by atoms with Gasteiger partial charge in [-0.2, -0.15) is 0 Å². The van der Waals surface area contributed by atoms with E-state index in [1.165, 1.54) is 0 Å². The lowest BCUT2D eigenvalue weighted by Gasteiger charge is -2.00. The number of rotatable bonds is 5. The molecule has 1 N–H and O–H groups in total. The second-order valence-corrected chi connectivity index (χ2v) is 3.02. The maximum absolute atomic E-state index is 11.3. The first-order valence-electron chi connectivity index (χ1n) is 4.65. The highest BCUT2D eigenvalue weighted by atomic mass is 16.6. The van der Waals surface area contributed by atoms with Gasteiger partial charge in [0.05, 0.1) is 17.7 Å². The number of hydrogen-bond acceptors (Lipinski definition) is 4. The lowest BCUT2D eigenvalue weighted by atomic mass is 10.3. The quantitative estimate of drug-likeness (QED) is 0.349. The number of nitro groups is 1. The van der Waals surface area contributed by atoms with Crippen molar-refractivity contribution in [2.45, 2.75) is 19.8 Å². The molecule has 0 unspecified atom stereocenters. The van der Waals surface area contributed by atoms with Gasteiger partial charge in [-0.05, 0) is 6.42 Å². The van der Waals surface area contributed by atoms with Crippen LogP contribution in [0.3, 0.4) is 0 Å². The van der Waals surface area contributed by atoms with E-state index in [2.05, 4.69) is 4.98 Å². The van der Waals surface area contributed by atoms with Crippen LogP contribution in [0.4, 0.5) is 5.69 Å². The number of hydrogen-bond donors (Lipinski definition) is 1. The normalized spacial score (nSPS) is 9.93. The van der Waals surface area contributed by atoms with Gasteiger partial charge in [-0.15, -0.1) is 0 Å². The Hall–Kier alpha value is -1.85. The fraction of sp³-hybridized carbons (Fsp3) is 0.444. The highest BCUT2D eigenvalue weighted by molar-refractivity contribution is 5.88. The van der Waals surface area contributed by atoms with Crippen molar-refractivity contribution >= 4 is 11.7 Å². The topological polar surface area (TPSA) is 85.2 Å². The van der Waals surface area contributed by atoms with E-state index in [9.17, 15) is 14.9 Å². The molecule has 15 heavy (non-hydrogen) atoms. The van der Waals surface area contributed by atoms with Crippen molar-refractivity contribution in [1.29, 1.82) is 0 Å². The molecule has 1 aromatic rings. The van der Waals surface area contributed by atoms with Crippen LogP contribution in [0.2, 0.25) is 0 Å². The highest BCUT2D eigenvalue weighted by Gasteiger charge is 2.14. The zero-order valence-corrected chi connectivity index (χ0v) is 8.36. The minimum absolute atomic E-state index is 0.109. The summed E-state index contributed by atoms with van der Waals surface area (Å²) in [5.41, 5.74) is -0.0322. The average molecular weight is 212 g/mol. The van der Waals surface area contributed by atoms with E-state index in [1.807, 2.05) is 6.92 Å². The predicted molar refractivity (Wildman–Crippen MR) is 52.6 cm³/mol. The van der Waals surface area contributed by atoms with Gasteiger partial charge in [-0.1, -0.05) is 13.3 Å². The molecule has 0 aromatic carbocycles. The van der Waals surface area contributed by atoms with Crippen LogP contribution in [0.1, 0.15) is 30.3 Å². The van der Waals surface area contributed by atoms with Crippen LogP contribution >= 0.6 is 0 Å². The summed E-state index contributed by atoms with van der Waals surface area (Å²) in [6.45, 7) is 2.31. The minimum Gasteiger partial charge on any atom is -0.461 e. The largest absolute Gasteiger partial charge is 0.461 e. The molecule has 82 valence electrons. The van der Waals surface area contributed by atoms with E-state index in [0.717, 1.165) is 25.1 Å². The van der Waals surface area contributed by atoms with Gasteiger partial charge in [0.1, 0.15) is 5.69 Å². The van der Waals surface area contributed by atoms with Gasteiger partial charge < -0.3 is 9.72 Å². The fourth-order valence-corrected chi connectivity index (χ4v) is 0.993. The Bertz CT molecular complexity index is 359. The Balaban J connectivity index is 2.54. The van der Waals surface area contributed by atoms with Gasteiger partial charge in [0, 0.05) is 6.07 Å². The summed E-state index contributed by atoms with van der Waals surface area (Å²) in [6.07, 6.45) is 2.88. The lowest BCUT2D eigenvalue weighted by molar-refractivity contribution is -0.384. The monoisotopic (exact) mass is 212 g/mol. The van der Waals surface area contributed by atoms with Gasteiger partial charge in [0.15, 0.2) is 0 Å². The Kier molecular flexibility index (Phi) is 3.84. The summed E-state index contributed by atoms with van der Waals surface area (Å²) < 4.78 is 4.87. The van der Waals surface area contributed by atoms with Crippen molar-refractivity contribution in [1.82, 2.24) is 4.98 Å². The molecule has 1 rings (SSSR count). The fourth-order valence-electron chi connectivity index (χ4n) is 0.993. The van der Waals surface area contributed by atoms with Crippen LogP contribution in [-0.2, 0) is 4.74 Å². The number of aromatic nitrogens is 1. The van der Waals surface area contributed by atoms with Crippen molar-refractivity contribution in [3.05, 3.63) is 28.1 Å². The van der Waals surface area contributed by atoms with Gasteiger partial charge in [-0.25, -0.2) is 4.79 Å². The van der Waals surface area contributed by atoms with Gasteiger partial charge in [-0.3, -0.25) is 10.1 Å². The molecule has 0 radical (unpaired) electrons. The Morgan fingerprint density at radius 1 is 1.67 bits per heavy atom. The van der Waals surface area contributed by atoms with E-state index in [0.29, 0.717) is 6.61 Å². The highest BCUT2D eigenvalue weighted by Crippen LogP contribution is 2.12. The number of nitrogens with one attached hydrogen (secondary N) is 1. The molecule has 1 aromatic heterocycles. The number of esters is 1. The van der Waals surface area contributed by atoms with Crippen LogP contribution in [-0.4, -0.2) is 22.5 Å². The molecule has 0 atom stereocenters. The van der Waals surface area contributed by atoms with Crippen LogP contribution in [0, 0.1) is 10.1 Å². The number of nitrogens with zero attached hydrogens (tertiary/aromatic N) is 1. The lowest BCUT2D eigenvalue weighted by Crippen LogP contribution is -2.06. The molecule has 0 aliphatic carbocycles. The van der Waals surface area contributed by atoms with Crippen molar-refractivity contribution < 1.29 is 14.5 Å². The maximum atomic E-state index is 11.3. The number of unbranched alkanes of at least 4 members (excludes halogenated alkanes) is 1. The molecule has 0 fully saturated rings. The summed E-state index contributed by atoms with van der Waals surface area (Å²) in [5, 5.41) is 10.3. The zero-order chi connectivity index (χ0) is 11.3. The third-order valence-electron chi connectivity index (χ3n) is 1.83. The molecule has 6 nitrogen and oxygen atoms in total. The van der Waals surface area contributed by atoms with Crippen molar-refractivity contribution in [3.8, 4) is 0 Å². The summed E-state index contributed by atoms with van der Waals surface area (Å²) in [6, 6.07) is 1.16. The van der Waals surface area contributed by atoms with Crippen LogP contribution < -0.4 is 0 Å². The maximum Gasteiger partial charge on any atom is 0.354 e. The molecule has 1 heterocycles. The zero-order valence-electron chi connectivity index (χ0n) is 8.36. The van der Waals surface area contributed by atoms with Crippen LogP contribution in [0.15, 0.2) is 12.3 Å². The van der Waals surface area contributed by atoms with E-state index in [-0.39, 0.29) is 11.4 Å². The first-order chi connectivity index (χ1) is 7.15. The molecule has 6 heteroatoms. The van der Waals surface area contributed by atoms with Crippen molar-refractivity contribution in [2.24, 2.45) is 0 Å². The number of ether oxygens (including phenoxy) is 1. The number of carbonyl (C=O) groups is 1. The first kappa shape index (κ1) is 11.2. The van der Waals surface area contributed by atoms with Gasteiger partial charge in [0.2, 0.25) is 0 Å². The molecule has 0 amide bonds. The third-order valence-corrected chi connectivity index (χ3v) is 1.83. The van der Waals surface area contributed by atoms with E-state index in [1.54, 1.807) is 0 Å². The molecular formula is C9H12N2O4. The second kappa shape index (κ2) is 5.14. The molecule has 0 spiro atoms. The summed E-state index contributed by atoms with van der Waals surface area (Å²) >= 11 is 0. The van der Waals surface area contributed by atoms with Gasteiger partial charge in [0.25, 0.3) is 5.69 Å². The first-order valence-corrected chi connectivity index (χ1v) is 4.65. The molecular weight excluding hydrogens is 200 g/mol. The predicted octanol–water partition coefficient (Wildman–Crippen LogP) is 1.88. The molecule has 0 saturated heterocycles. The molecule has 0 aliphatic heterocycles. The average Bonchev–Trinajstić information content (AvgIpc) is 2.66. The molecule has 0 saturated carbocycles. The van der Waals surface area contributed by atoms with Gasteiger partial charge >= 0.3 is 5.97 Å². The second-order valence-electron chi connectivity index (χ2n) is 3.02. The van der Waals surface area contributed by atoms with Crippen LogP contribution in [0.5, 0.6) is 0 Å². The smallest absolute Gasteiger partial charge is 0.354 e. The Morgan fingerprint density at radius 3 is 2.93 bits per heavy atom. The van der Waals surface area contributed by atoms with E-state index >= 15 is 0 Å². The summed E-state index contributed by atoms with van der Waals surface area (Å²) in [4.78, 5) is 23.5. The number of H-pyrrole nitrogens is 1. The Labute approximate surface area is 86.4 Å². The minimum atomic E-state index is -0.570. The van der Waals surface area contributed by atoms with E-state index in [4.69, 9.17) is 4.74 Å². The summed E-state index contributed by atoms with van der Waals surface area (Å²) in [5.74, 6) is -0.559. The molecule has 0 aliphatic rings.